The highest BCUT2D eigenvalue weighted by Gasteiger charge is 2.20. The number of piperazine rings is 1. The molecule has 1 fully saturated rings. The van der Waals surface area contributed by atoms with Crippen molar-refractivity contribution >= 4 is 23.0 Å². The van der Waals surface area contributed by atoms with E-state index >= 15 is 0 Å². The lowest BCUT2D eigenvalue weighted by molar-refractivity contribution is 0.378. The number of aromatic hydroxyl groups is 1. The molecular weight excluding hydrogens is 258 g/mol. The van der Waals surface area contributed by atoms with Crippen LogP contribution in [0.2, 0.25) is 0 Å². The minimum absolute atomic E-state index is 0.336. The highest BCUT2D eigenvalue weighted by molar-refractivity contribution is 7.80. The maximum absolute atomic E-state index is 9.85. The van der Waals surface area contributed by atoms with Gasteiger partial charge in [0.05, 0.1) is 5.69 Å². The third kappa shape index (κ3) is 3.38. The van der Waals surface area contributed by atoms with Gasteiger partial charge in [-0.2, -0.15) is 0 Å². The second kappa shape index (κ2) is 6.43. The van der Waals surface area contributed by atoms with Crippen molar-refractivity contribution in [3.8, 4) is 5.75 Å². The smallest absolute Gasteiger partial charge is 0.169 e. The van der Waals surface area contributed by atoms with Gasteiger partial charge >= 0.3 is 0 Å². The second-order valence-electron chi connectivity index (χ2n) is 4.44. The molecule has 0 bridgehead atoms. The van der Waals surface area contributed by atoms with E-state index in [2.05, 4.69) is 21.7 Å². The first-order valence-electron chi connectivity index (χ1n) is 6.39. The number of anilines is 1. The first-order valence-corrected chi connectivity index (χ1v) is 6.80. The number of rotatable bonds is 3. The van der Waals surface area contributed by atoms with Crippen LogP contribution < -0.4 is 10.2 Å². The molecule has 0 spiro atoms. The number of phenols is 1. The highest BCUT2D eigenvalue weighted by Crippen LogP contribution is 2.27. The molecule has 5 heteroatoms. The fraction of sp³-hybridized carbons (Fsp3) is 0.357. The van der Waals surface area contributed by atoms with Gasteiger partial charge in [-0.1, -0.05) is 18.2 Å². The van der Waals surface area contributed by atoms with Crippen molar-refractivity contribution < 1.29 is 5.11 Å². The Labute approximate surface area is 119 Å². The van der Waals surface area contributed by atoms with E-state index in [0.717, 1.165) is 37.0 Å². The van der Waals surface area contributed by atoms with Gasteiger partial charge in [0, 0.05) is 32.7 Å². The minimum Gasteiger partial charge on any atom is -0.506 e. The van der Waals surface area contributed by atoms with Gasteiger partial charge in [-0.3, -0.25) is 0 Å². The zero-order valence-corrected chi connectivity index (χ0v) is 11.7. The van der Waals surface area contributed by atoms with Crippen molar-refractivity contribution in [2.24, 2.45) is 0 Å². The number of hydrogen-bond donors (Lipinski definition) is 2. The lowest BCUT2D eigenvalue weighted by Crippen LogP contribution is -2.51. The van der Waals surface area contributed by atoms with Crippen LogP contribution in [-0.2, 0) is 0 Å². The second-order valence-corrected chi connectivity index (χ2v) is 4.82. The van der Waals surface area contributed by atoms with E-state index in [1.165, 1.54) is 0 Å². The molecule has 102 valence electrons. The van der Waals surface area contributed by atoms with E-state index in [1.54, 1.807) is 12.1 Å². The van der Waals surface area contributed by atoms with Crippen molar-refractivity contribution in [1.29, 1.82) is 0 Å². The number of thiocarbonyl (C=S) groups is 1. The zero-order valence-electron chi connectivity index (χ0n) is 10.9. The van der Waals surface area contributed by atoms with Crippen molar-refractivity contribution in [2.75, 3.05) is 37.6 Å². The Balaban J connectivity index is 1.91. The van der Waals surface area contributed by atoms with E-state index in [-0.39, 0.29) is 0 Å². The Morgan fingerprint density at radius 1 is 1.32 bits per heavy atom. The molecule has 0 atom stereocenters. The molecule has 0 aliphatic carbocycles. The number of phenolic OH excluding ortho intramolecular Hbond substituents is 1. The van der Waals surface area contributed by atoms with Crippen molar-refractivity contribution in [3.05, 3.63) is 36.9 Å². The van der Waals surface area contributed by atoms with Crippen molar-refractivity contribution in [2.45, 2.75) is 0 Å². The number of nitrogens with one attached hydrogen (secondary N) is 1. The molecule has 0 amide bonds. The predicted molar refractivity (Wildman–Crippen MR) is 82.7 cm³/mol. The monoisotopic (exact) mass is 277 g/mol. The lowest BCUT2D eigenvalue weighted by atomic mass is 10.2. The summed E-state index contributed by atoms with van der Waals surface area (Å²) in [6, 6.07) is 7.44. The molecule has 0 radical (unpaired) electrons. The molecule has 4 nitrogen and oxygen atoms in total. The van der Waals surface area contributed by atoms with Crippen LogP contribution in [0.25, 0.3) is 0 Å². The number of benzene rings is 1. The normalized spacial score (nSPS) is 15.2. The molecule has 1 aromatic rings. The van der Waals surface area contributed by atoms with E-state index in [4.69, 9.17) is 12.2 Å². The van der Waals surface area contributed by atoms with Crippen LogP contribution in [0.15, 0.2) is 36.9 Å². The average Bonchev–Trinajstić information content (AvgIpc) is 2.45. The molecule has 0 unspecified atom stereocenters. The third-order valence-electron chi connectivity index (χ3n) is 3.19. The predicted octanol–water partition coefficient (Wildman–Crippen LogP) is 1.57. The SMILES string of the molecule is C=CCNC(=S)N1CCN(c2ccccc2O)CC1. The zero-order chi connectivity index (χ0) is 13.7. The van der Waals surface area contributed by atoms with E-state index in [1.807, 2.05) is 18.2 Å². The van der Waals surface area contributed by atoms with Gasteiger partial charge in [0.2, 0.25) is 0 Å². The number of nitrogens with zero attached hydrogens (tertiary/aromatic N) is 2. The Morgan fingerprint density at radius 3 is 2.63 bits per heavy atom. The Bertz CT molecular complexity index is 456. The summed E-state index contributed by atoms with van der Waals surface area (Å²) in [6.45, 7) is 7.78. The first kappa shape index (κ1) is 13.7. The van der Waals surface area contributed by atoms with Gasteiger partial charge in [-0.05, 0) is 24.4 Å². The summed E-state index contributed by atoms with van der Waals surface area (Å²) in [5.74, 6) is 0.336. The summed E-state index contributed by atoms with van der Waals surface area (Å²) in [5.41, 5.74) is 0.895. The van der Waals surface area contributed by atoms with Crippen LogP contribution in [0.3, 0.4) is 0 Å². The fourth-order valence-corrected chi connectivity index (χ4v) is 2.42. The molecule has 19 heavy (non-hydrogen) atoms. The molecule has 1 heterocycles. The van der Waals surface area contributed by atoms with Gasteiger partial charge in [-0.25, -0.2) is 0 Å². The maximum atomic E-state index is 9.85. The molecule has 1 aliphatic rings. The van der Waals surface area contributed by atoms with E-state index < -0.39 is 0 Å². The minimum atomic E-state index is 0.336. The van der Waals surface area contributed by atoms with E-state index in [0.29, 0.717) is 12.3 Å². The Kier molecular flexibility index (Phi) is 4.63. The molecule has 1 aliphatic heterocycles. The number of para-hydroxylation sites is 2. The van der Waals surface area contributed by atoms with Crippen LogP contribution >= 0.6 is 12.2 Å². The molecule has 2 N–H and O–H groups in total. The van der Waals surface area contributed by atoms with E-state index in [9.17, 15) is 5.11 Å². The number of hydrogen-bond acceptors (Lipinski definition) is 3. The molecule has 1 aromatic carbocycles. The largest absolute Gasteiger partial charge is 0.506 e. The Hall–Kier alpha value is -1.75. The molecule has 2 rings (SSSR count). The summed E-state index contributed by atoms with van der Waals surface area (Å²) in [5, 5.41) is 13.8. The van der Waals surface area contributed by atoms with Crippen LogP contribution in [0, 0.1) is 0 Å². The maximum Gasteiger partial charge on any atom is 0.169 e. The van der Waals surface area contributed by atoms with Crippen LogP contribution in [0.1, 0.15) is 0 Å². The first-order chi connectivity index (χ1) is 9.22. The van der Waals surface area contributed by atoms with Crippen LogP contribution in [0.5, 0.6) is 5.75 Å². The summed E-state index contributed by atoms with van der Waals surface area (Å²) < 4.78 is 0. The highest BCUT2D eigenvalue weighted by atomic mass is 32.1. The summed E-state index contributed by atoms with van der Waals surface area (Å²) >= 11 is 5.32. The molecular formula is C14H19N3OS. The van der Waals surface area contributed by atoms with Gasteiger partial charge in [-0.15, -0.1) is 6.58 Å². The van der Waals surface area contributed by atoms with Gasteiger partial charge < -0.3 is 20.2 Å². The van der Waals surface area contributed by atoms with Crippen molar-refractivity contribution in [1.82, 2.24) is 10.2 Å². The average molecular weight is 277 g/mol. The lowest BCUT2D eigenvalue weighted by Gasteiger charge is -2.37. The molecule has 0 saturated carbocycles. The molecule has 0 aromatic heterocycles. The quantitative estimate of drug-likeness (QED) is 0.648. The van der Waals surface area contributed by atoms with Gasteiger partial charge in [0.25, 0.3) is 0 Å². The van der Waals surface area contributed by atoms with Crippen LogP contribution in [0.4, 0.5) is 5.69 Å². The van der Waals surface area contributed by atoms with Gasteiger partial charge in [0.1, 0.15) is 5.75 Å². The van der Waals surface area contributed by atoms with Gasteiger partial charge in [0.15, 0.2) is 5.11 Å². The Morgan fingerprint density at radius 2 is 2.00 bits per heavy atom. The molecule has 1 saturated heterocycles. The summed E-state index contributed by atoms with van der Waals surface area (Å²) in [4.78, 5) is 4.33. The summed E-state index contributed by atoms with van der Waals surface area (Å²) in [6.07, 6.45) is 1.80. The fourth-order valence-electron chi connectivity index (χ4n) is 2.15. The van der Waals surface area contributed by atoms with Crippen molar-refractivity contribution in [3.63, 3.8) is 0 Å². The third-order valence-corrected chi connectivity index (χ3v) is 3.59. The summed E-state index contributed by atoms with van der Waals surface area (Å²) in [7, 11) is 0. The van der Waals surface area contributed by atoms with Crippen LogP contribution in [-0.4, -0.2) is 47.8 Å². The topological polar surface area (TPSA) is 38.7 Å². The standard InChI is InChI=1S/C14H19N3OS/c1-2-7-15-14(19)17-10-8-16(9-11-17)12-5-3-4-6-13(12)18/h2-6,18H,1,7-11H2,(H,15,19).